The number of carbonyl (C=O) groups excluding carboxylic acids is 1. The molecule has 12 N–H and O–H groups in total. The van der Waals surface area contributed by atoms with Gasteiger partial charge >= 0.3 is 0 Å². The summed E-state index contributed by atoms with van der Waals surface area (Å²) < 4.78 is 34.5. The average molecular weight is 1490 g/mol. The molecule has 0 aromatic carbocycles. The minimum atomic E-state index is -1.97. The number of nitrogens with one attached hydrogen (secondary N) is 1. The number of aliphatic hydroxyl groups excluding tert-OH is 11. The molecule has 17 unspecified atom stereocenters. The summed E-state index contributed by atoms with van der Waals surface area (Å²) in [5, 5.41) is 121. The quantitative estimate of drug-likeness (QED) is 0.0199. The van der Waals surface area contributed by atoms with E-state index >= 15 is 0 Å². The summed E-state index contributed by atoms with van der Waals surface area (Å²) in [6.07, 6.45) is 60.1. The summed E-state index contributed by atoms with van der Waals surface area (Å²) in [5.74, 6) is -0.237. The molecule has 3 aliphatic heterocycles. The second-order valence-corrected chi connectivity index (χ2v) is 30.3. The van der Waals surface area contributed by atoms with Crippen LogP contribution in [0.4, 0.5) is 0 Å². The van der Waals surface area contributed by atoms with Crippen LogP contribution >= 0.6 is 0 Å². The molecule has 19 nitrogen and oxygen atoms in total. The average Bonchev–Trinajstić information content (AvgIpc) is 0.781. The minimum Gasteiger partial charge on any atom is -0.394 e. The molecule has 3 aliphatic rings. The predicted molar refractivity (Wildman–Crippen MR) is 420 cm³/mol. The van der Waals surface area contributed by atoms with Gasteiger partial charge in [0.25, 0.3) is 0 Å². The molecular formula is C86H155NO18. The Morgan fingerprint density at radius 2 is 0.657 bits per heavy atom. The summed E-state index contributed by atoms with van der Waals surface area (Å²) in [5.41, 5.74) is 0. The third-order valence-electron chi connectivity index (χ3n) is 21.0. The van der Waals surface area contributed by atoms with E-state index in [2.05, 4.69) is 92.1 Å². The third-order valence-corrected chi connectivity index (χ3v) is 21.0. The molecule has 1 amide bonds. The van der Waals surface area contributed by atoms with Crippen molar-refractivity contribution >= 4 is 5.91 Å². The van der Waals surface area contributed by atoms with Crippen LogP contribution in [0.2, 0.25) is 0 Å². The Morgan fingerprint density at radius 1 is 0.352 bits per heavy atom. The fourth-order valence-corrected chi connectivity index (χ4v) is 14.3. The number of allylic oxidation sites excluding steroid dienone is 12. The third kappa shape index (κ3) is 45.4. The molecule has 19 heteroatoms. The van der Waals surface area contributed by atoms with E-state index in [9.17, 15) is 61.0 Å². The number of amides is 1. The first kappa shape index (κ1) is 96.4. The van der Waals surface area contributed by atoms with Gasteiger partial charge in [-0.05, 0) is 64.2 Å². The maximum absolute atomic E-state index is 13.5. The first-order valence-corrected chi connectivity index (χ1v) is 42.7. The Labute approximate surface area is 636 Å². The molecule has 3 heterocycles. The van der Waals surface area contributed by atoms with E-state index in [1.165, 1.54) is 218 Å². The van der Waals surface area contributed by atoms with Gasteiger partial charge in [-0.1, -0.05) is 337 Å². The fraction of sp³-hybridized carbons (Fsp3) is 0.849. The highest BCUT2D eigenvalue weighted by Gasteiger charge is 2.54. The van der Waals surface area contributed by atoms with E-state index in [1.54, 1.807) is 0 Å². The van der Waals surface area contributed by atoms with Crippen molar-refractivity contribution in [3.8, 4) is 0 Å². The first-order valence-electron chi connectivity index (χ1n) is 42.7. The van der Waals surface area contributed by atoms with Gasteiger partial charge in [-0.2, -0.15) is 0 Å². The summed E-state index contributed by atoms with van der Waals surface area (Å²) in [6, 6.07) is -0.888. The van der Waals surface area contributed by atoms with E-state index in [0.717, 1.165) is 83.5 Å². The Morgan fingerprint density at radius 3 is 1.03 bits per heavy atom. The van der Waals surface area contributed by atoms with Crippen molar-refractivity contribution in [2.75, 3.05) is 26.4 Å². The molecule has 17 atom stereocenters. The van der Waals surface area contributed by atoms with Gasteiger partial charge in [0.2, 0.25) is 5.91 Å². The van der Waals surface area contributed by atoms with E-state index in [1.807, 2.05) is 0 Å². The topological polar surface area (TPSA) is 307 Å². The number of aliphatic hydroxyl groups is 11. The van der Waals surface area contributed by atoms with E-state index in [-0.39, 0.29) is 18.9 Å². The fourth-order valence-electron chi connectivity index (χ4n) is 14.3. The Hall–Kier alpha value is -2.77. The van der Waals surface area contributed by atoms with Gasteiger partial charge in [-0.3, -0.25) is 4.79 Å². The van der Waals surface area contributed by atoms with E-state index in [0.29, 0.717) is 12.8 Å². The minimum absolute atomic E-state index is 0.237. The molecule has 0 aromatic rings. The highest BCUT2D eigenvalue weighted by atomic mass is 16.8. The standard InChI is InChI=1S/C86H155NO18/c1-3-5-7-9-11-13-15-17-19-21-23-24-25-26-27-28-29-30-31-32-33-34-35-36-37-38-39-40-41-42-43-44-46-48-50-52-54-56-58-60-62-64-74(92)87-69(70(91)63-61-59-57-55-53-51-49-47-45-22-20-18-16-14-12-10-8-6-4-2)68-100-84-80(98)77(95)82(72(66-89)102-84)105-86-81(99)78(96)83(73(67-90)103-86)104-85-79(97)76(94)75(93)71(65-88)101-85/h5,7,11,13,17,19,23-24,26-27,29-30,69-73,75-86,88-91,93-99H,3-4,6,8-10,12,14-16,18,20-22,25,28,31-68H2,1-2H3,(H,87,92)/b7-5-,13-11-,19-17-,24-23-,27-26-,30-29-. The van der Waals surface area contributed by atoms with Gasteiger partial charge in [0.15, 0.2) is 18.9 Å². The van der Waals surface area contributed by atoms with Crippen LogP contribution < -0.4 is 5.32 Å². The van der Waals surface area contributed by atoms with Gasteiger partial charge in [0.05, 0.1) is 38.6 Å². The van der Waals surface area contributed by atoms with Crippen molar-refractivity contribution in [2.45, 2.75) is 439 Å². The predicted octanol–water partition coefficient (Wildman–Crippen LogP) is 15.2. The van der Waals surface area contributed by atoms with Crippen LogP contribution in [0, 0.1) is 0 Å². The number of hydrogen-bond donors (Lipinski definition) is 12. The van der Waals surface area contributed by atoms with Crippen LogP contribution in [0.5, 0.6) is 0 Å². The smallest absolute Gasteiger partial charge is 0.220 e. The van der Waals surface area contributed by atoms with Crippen LogP contribution in [0.3, 0.4) is 0 Å². The zero-order chi connectivity index (χ0) is 76.0. The largest absolute Gasteiger partial charge is 0.394 e. The van der Waals surface area contributed by atoms with Gasteiger partial charge in [0, 0.05) is 6.42 Å². The number of carbonyl (C=O) groups is 1. The lowest BCUT2D eigenvalue weighted by Crippen LogP contribution is -2.66. The zero-order valence-corrected chi connectivity index (χ0v) is 65.7. The molecule has 612 valence electrons. The lowest BCUT2D eigenvalue weighted by atomic mass is 9.96. The van der Waals surface area contributed by atoms with Crippen molar-refractivity contribution in [2.24, 2.45) is 0 Å². The summed E-state index contributed by atoms with van der Waals surface area (Å²) >= 11 is 0. The number of rotatable bonds is 68. The zero-order valence-electron chi connectivity index (χ0n) is 65.7. The van der Waals surface area contributed by atoms with Crippen molar-refractivity contribution in [1.82, 2.24) is 5.32 Å². The second-order valence-electron chi connectivity index (χ2n) is 30.3. The molecule has 0 radical (unpaired) electrons. The highest BCUT2D eigenvalue weighted by molar-refractivity contribution is 5.76. The molecule has 0 saturated carbocycles. The summed E-state index contributed by atoms with van der Waals surface area (Å²) in [6.45, 7) is 1.73. The number of ether oxygens (including phenoxy) is 6. The Balaban J connectivity index is 1.29. The van der Waals surface area contributed by atoms with E-state index in [4.69, 9.17) is 28.4 Å². The molecular weight excluding hydrogens is 1330 g/mol. The molecule has 3 fully saturated rings. The van der Waals surface area contributed by atoms with Crippen molar-refractivity contribution in [1.29, 1.82) is 0 Å². The van der Waals surface area contributed by atoms with Crippen molar-refractivity contribution in [3.63, 3.8) is 0 Å². The SMILES string of the molecule is CC/C=C\C/C=C\C/C=C\C/C=C\C/C=C\C/C=C\CCCCCCCCCCCCCCCCCCCCCCCCC(=O)NC(COC1OC(CO)C(OC2OC(CO)C(OC3OC(CO)C(O)C(O)C3O)C(O)C2O)C(O)C1O)C(O)CCCCCCCCCCCCCCCCCCCCC. The van der Waals surface area contributed by atoms with Crippen molar-refractivity contribution in [3.05, 3.63) is 72.9 Å². The maximum Gasteiger partial charge on any atom is 0.220 e. The Bertz CT molecular complexity index is 2180. The highest BCUT2D eigenvalue weighted by Crippen LogP contribution is 2.33. The lowest BCUT2D eigenvalue weighted by molar-refractivity contribution is -0.379. The summed E-state index contributed by atoms with van der Waals surface area (Å²) in [7, 11) is 0. The monoisotopic (exact) mass is 1490 g/mol. The van der Waals surface area contributed by atoms with E-state index < -0.39 is 124 Å². The first-order chi connectivity index (χ1) is 51.3. The molecule has 0 aromatic heterocycles. The molecule has 105 heavy (non-hydrogen) atoms. The molecule has 0 aliphatic carbocycles. The molecule has 0 spiro atoms. The number of unbranched alkanes of at least 4 members (excludes halogenated alkanes) is 40. The second kappa shape index (κ2) is 65.9. The van der Waals surface area contributed by atoms with Crippen LogP contribution in [0.1, 0.15) is 335 Å². The van der Waals surface area contributed by atoms with Gasteiger partial charge in [-0.25, -0.2) is 0 Å². The number of hydrogen-bond acceptors (Lipinski definition) is 18. The summed E-state index contributed by atoms with van der Waals surface area (Å²) in [4.78, 5) is 13.5. The maximum atomic E-state index is 13.5. The van der Waals surface area contributed by atoms with Crippen LogP contribution in [0.15, 0.2) is 72.9 Å². The van der Waals surface area contributed by atoms with Gasteiger partial charge < -0.3 is 89.9 Å². The van der Waals surface area contributed by atoms with Gasteiger partial charge in [-0.15, -0.1) is 0 Å². The van der Waals surface area contributed by atoms with Gasteiger partial charge in [0.1, 0.15) is 73.2 Å². The molecule has 3 saturated heterocycles. The van der Waals surface area contributed by atoms with Crippen LogP contribution in [-0.4, -0.2) is 193 Å². The lowest BCUT2D eigenvalue weighted by Gasteiger charge is -2.48. The van der Waals surface area contributed by atoms with Crippen LogP contribution in [0.25, 0.3) is 0 Å². The molecule has 3 rings (SSSR count). The normalized spacial score (nSPS) is 26.1. The van der Waals surface area contributed by atoms with Crippen molar-refractivity contribution < 1.29 is 89.4 Å². The Kier molecular flexibility index (Phi) is 60.5. The molecule has 0 bridgehead atoms. The van der Waals surface area contributed by atoms with Crippen LogP contribution in [-0.2, 0) is 33.2 Å².